The zero-order valence-corrected chi connectivity index (χ0v) is 20.7. The van der Waals surface area contributed by atoms with Crippen molar-refractivity contribution in [2.24, 2.45) is 4.99 Å². The number of thioether (sulfide) groups is 1. The van der Waals surface area contributed by atoms with Gasteiger partial charge in [0.25, 0.3) is 11.8 Å². The van der Waals surface area contributed by atoms with Crippen molar-refractivity contribution < 1.29 is 14.4 Å². The Hall–Kier alpha value is -2.73. The summed E-state index contributed by atoms with van der Waals surface area (Å²) in [6.45, 7) is 2.69. The van der Waals surface area contributed by atoms with Gasteiger partial charge in [-0.3, -0.25) is 24.3 Å². The van der Waals surface area contributed by atoms with Gasteiger partial charge in [0.2, 0.25) is 5.91 Å². The summed E-state index contributed by atoms with van der Waals surface area (Å²) in [6, 6.07) is -0.271. The van der Waals surface area contributed by atoms with Gasteiger partial charge in [-0.05, 0) is 37.8 Å². The molecule has 5 rings (SSSR count). The van der Waals surface area contributed by atoms with Gasteiger partial charge in [0, 0.05) is 48.2 Å². The molecule has 3 aliphatic heterocycles. The zero-order valence-electron chi connectivity index (χ0n) is 19.1. The summed E-state index contributed by atoms with van der Waals surface area (Å²) < 4.78 is 4.04. The number of nitrogens with two attached hydrogens (primary N) is 1. The maximum absolute atomic E-state index is 13.0. The van der Waals surface area contributed by atoms with Crippen molar-refractivity contribution in [2.45, 2.75) is 56.5 Å². The molecule has 0 spiro atoms. The van der Waals surface area contributed by atoms with E-state index in [1.165, 1.54) is 19.9 Å². The van der Waals surface area contributed by atoms with E-state index in [1.807, 2.05) is 17.9 Å². The van der Waals surface area contributed by atoms with Crippen LogP contribution in [0.4, 0.5) is 5.13 Å². The van der Waals surface area contributed by atoms with Crippen LogP contribution in [-0.4, -0.2) is 79.4 Å². The minimum absolute atomic E-state index is 0.0456. The summed E-state index contributed by atoms with van der Waals surface area (Å²) in [6.07, 6.45) is 7.33. The zero-order chi connectivity index (χ0) is 24.0. The van der Waals surface area contributed by atoms with Crippen molar-refractivity contribution in [3.05, 3.63) is 28.7 Å². The van der Waals surface area contributed by atoms with Gasteiger partial charge in [-0.2, -0.15) is 9.36 Å². The van der Waals surface area contributed by atoms with Gasteiger partial charge in [0.15, 0.2) is 16.7 Å². The van der Waals surface area contributed by atoms with Crippen molar-refractivity contribution in [3.63, 3.8) is 0 Å². The van der Waals surface area contributed by atoms with Crippen LogP contribution in [-0.2, 0) is 14.4 Å². The Morgan fingerprint density at radius 2 is 2.06 bits per heavy atom. The number of nitrogens with one attached hydrogen (secondary N) is 1. The molecule has 12 heteroatoms. The third kappa shape index (κ3) is 3.92. The van der Waals surface area contributed by atoms with Crippen LogP contribution < -0.4 is 11.1 Å². The summed E-state index contributed by atoms with van der Waals surface area (Å²) in [5, 5.41) is 2.83. The number of likely N-dealkylation sites (tertiary alicyclic amines) is 1. The second-order valence-corrected chi connectivity index (χ2v) is 10.7. The molecule has 3 N–H and O–H groups in total. The average Bonchev–Trinajstić information content (AvgIpc) is 3.56. The van der Waals surface area contributed by atoms with Crippen LogP contribution in [0, 0.1) is 0 Å². The molecule has 0 unspecified atom stereocenters. The number of fused-ring (bicyclic) bond motifs is 1. The normalized spacial score (nSPS) is 27.0. The predicted octanol–water partition coefficient (Wildman–Crippen LogP) is 1.31. The summed E-state index contributed by atoms with van der Waals surface area (Å²) in [4.78, 5) is 50.4. The molecule has 2 atom stereocenters. The molecular formula is C22H27N7O3S2. The number of anilines is 1. The van der Waals surface area contributed by atoms with E-state index >= 15 is 0 Å². The second kappa shape index (κ2) is 9.14. The van der Waals surface area contributed by atoms with E-state index in [2.05, 4.69) is 19.7 Å². The molecule has 0 bridgehead atoms. The summed E-state index contributed by atoms with van der Waals surface area (Å²) in [5.41, 5.74) is 8.33. The summed E-state index contributed by atoms with van der Waals surface area (Å²) >= 11 is 2.56. The fourth-order valence-corrected chi connectivity index (χ4v) is 6.96. The highest BCUT2D eigenvalue weighted by molar-refractivity contribution is 8.00. The molecule has 1 aliphatic carbocycles. The number of carbonyl (C=O) groups excluding carboxylic acids is 3. The first kappa shape index (κ1) is 23.0. The first-order valence-corrected chi connectivity index (χ1v) is 13.2. The summed E-state index contributed by atoms with van der Waals surface area (Å²) in [5.74, 6) is 0.288. The Labute approximate surface area is 205 Å². The lowest BCUT2D eigenvalue weighted by Crippen LogP contribution is -2.70. The van der Waals surface area contributed by atoms with Crippen molar-refractivity contribution >= 4 is 51.9 Å². The van der Waals surface area contributed by atoms with Crippen molar-refractivity contribution in [1.82, 2.24) is 24.5 Å². The van der Waals surface area contributed by atoms with Crippen LogP contribution in [0.3, 0.4) is 0 Å². The van der Waals surface area contributed by atoms with E-state index in [0.29, 0.717) is 11.8 Å². The van der Waals surface area contributed by atoms with Gasteiger partial charge in [-0.25, -0.2) is 0 Å². The largest absolute Gasteiger partial charge is 0.374 e. The van der Waals surface area contributed by atoms with Crippen LogP contribution in [0.2, 0.25) is 0 Å². The van der Waals surface area contributed by atoms with Crippen molar-refractivity contribution in [2.75, 3.05) is 25.1 Å². The lowest BCUT2D eigenvalue weighted by molar-refractivity contribution is -0.144. The highest BCUT2D eigenvalue weighted by Gasteiger charge is 2.51. The number of hydrogen-bond donors (Lipinski definition) is 2. The van der Waals surface area contributed by atoms with Crippen LogP contribution >= 0.6 is 23.3 Å². The van der Waals surface area contributed by atoms with E-state index in [1.54, 1.807) is 16.7 Å². The average molecular weight is 502 g/mol. The van der Waals surface area contributed by atoms with Crippen LogP contribution in [0.1, 0.15) is 44.9 Å². The number of β-lactam (4-membered cyclic amide) rings is 1. The molecule has 0 aromatic carbocycles. The number of carbonyl (C=O) groups is 3. The van der Waals surface area contributed by atoms with Crippen molar-refractivity contribution in [3.8, 4) is 0 Å². The van der Waals surface area contributed by atoms with E-state index in [4.69, 9.17) is 5.73 Å². The van der Waals surface area contributed by atoms with Gasteiger partial charge in [0.1, 0.15) is 11.4 Å². The SMILES string of the molecule is C/N=C(\C(=O)N[C@@H]1C(=O)N2C(C)=C(/C=C3\CCN(C4CCCC4)C3=O)CS[C@H]12)c1nsc(N)n1. The molecule has 4 aliphatic rings. The predicted molar refractivity (Wildman–Crippen MR) is 131 cm³/mol. The Morgan fingerprint density at radius 1 is 1.29 bits per heavy atom. The molecule has 10 nitrogen and oxygen atoms in total. The minimum Gasteiger partial charge on any atom is -0.374 e. The molecule has 1 aromatic rings. The molecule has 1 aromatic heterocycles. The lowest BCUT2D eigenvalue weighted by atomic mass is 10.0. The van der Waals surface area contributed by atoms with E-state index in [0.717, 1.165) is 54.2 Å². The Bertz CT molecular complexity index is 1140. The van der Waals surface area contributed by atoms with Crippen LogP contribution in [0.5, 0.6) is 0 Å². The number of nitrogens with zero attached hydrogens (tertiary/aromatic N) is 5. The standard InChI is InChI=1S/C22H27N7O3S2/c1-11-13(9-12-7-8-28(19(12)31)14-5-3-4-6-14)10-33-21-16(20(32)29(11)21)25-18(30)15(24-2)17-26-22(23)34-27-17/h9,14,16,21H,3-8,10H2,1-2H3,(H,25,30)(H2,23,26,27)/b12-9+,24-15-/t16-,21-/m1/s1. The molecule has 0 radical (unpaired) electrons. The first-order chi connectivity index (χ1) is 16.4. The molecule has 1 saturated carbocycles. The number of allylic oxidation sites excluding steroid dienone is 2. The van der Waals surface area contributed by atoms with Gasteiger partial charge in [-0.1, -0.05) is 12.8 Å². The molecular weight excluding hydrogens is 474 g/mol. The smallest absolute Gasteiger partial charge is 0.274 e. The lowest BCUT2D eigenvalue weighted by Gasteiger charge is -2.49. The fourth-order valence-electron chi connectivity index (χ4n) is 5.09. The molecule has 3 fully saturated rings. The molecule has 3 amide bonds. The maximum atomic E-state index is 13.0. The van der Waals surface area contributed by atoms with Gasteiger partial charge >= 0.3 is 0 Å². The quantitative estimate of drug-likeness (QED) is 0.353. The van der Waals surface area contributed by atoms with E-state index in [9.17, 15) is 14.4 Å². The number of amides is 3. The summed E-state index contributed by atoms with van der Waals surface area (Å²) in [7, 11) is 1.47. The second-order valence-electron chi connectivity index (χ2n) is 8.86. The first-order valence-electron chi connectivity index (χ1n) is 11.4. The fraction of sp³-hybridized carbons (Fsp3) is 0.545. The van der Waals surface area contributed by atoms with E-state index in [-0.39, 0.29) is 33.9 Å². The third-order valence-corrected chi connectivity index (χ3v) is 8.77. The van der Waals surface area contributed by atoms with Crippen LogP contribution in [0.25, 0.3) is 0 Å². The molecule has 2 saturated heterocycles. The Morgan fingerprint density at radius 3 is 2.74 bits per heavy atom. The minimum atomic E-state index is -0.652. The molecule has 4 heterocycles. The Kier molecular flexibility index (Phi) is 6.19. The molecule has 180 valence electrons. The topological polar surface area (TPSA) is 134 Å². The number of aromatic nitrogens is 2. The van der Waals surface area contributed by atoms with Crippen molar-refractivity contribution in [1.29, 1.82) is 0 Å². The Balaban J connectivity index is 1.27. The maximum Gasteiger partial charge on any atom is 0.274 e. The molecule has 34 heavy (non-hydrogen) atoms. The van der Waals surface area contributed by atoms with E-state index < -0.39 is 11.9 Å². The van der Waals surface area contributed by atoms with Crippen LogP contribution in [0.15, 0.2) is 27.9 Å². The number of hydrogen-bond acceptors (Lipinski definition) is 9. The van der Waals surface area contributed by atoms with Gasteiger partial charge in [-0.15, -0.1) is 11.8 Å². The monoisotopic (exact) mass is 501 g/mol. The number of nitrogen functional groups attached to an aromatic ring is 1. The van der Waals surface area contributed by atoms with Gasteiger partial charge in [0.05, 0.1) is 0 Å². The number of aliphatic imine (C=N–C) groups is 1. The highest BCUT2D eigenvalue weighted by Crippen LogP contribution is 2.41. The third-order valence-electron chi connectivity index (χ3n) is 6.93. The number of rotatable bonds is 5. The highest BCUT2D eigenvalue weighted by atomic mass is 32.2. The van der Waals surface area contributed by atoms with Gasteiger partial charge < -0.3 is 16.0 Å².